The minimum Gasteiger partial charge on any atom is -0.512 e. The number of hydrogen-bond acceptors (Lipinski definition) is 3. The molecular weight excluding hydrogens is 204 g/mol. The van der Waals surface area contributed by atoms with E-state index in [1.807, 2.05) is 0 Å². The number of carbonyl (C=O) groups excluding carboxylic acids is 1. The first-order valence-electron chi connectivity index (χ1n) is 6.07. The Bertz CT molecular complexity index is 329. The van der Waals surface area contributed by atoms with Gasteiger partial charge in [-0.05, 0) is 38.5 Å². The van der Waals surface area contributed by atoms with Gasteiger partial charge in [-0.1, -0.05) is 0 Å². The number of carbonyl (C=O) groups is 1. The van der Waals surface area contributed by atoms with Crippen LogP contribution in [0.3, 0.4) is 0 Å². The van der Waals surface area contributed by atoms with Crippen LogP contribution in [-0.2, 0) is 4.79 Å². The van der Waals surface area contributed by atoms with E-state index in [1.165, 1.54) is 0 Å². The third-order valence-electron chi connectivity index (χ3n) is 3.43. The second-order valence-electron chi connectivity index (χ2n) is 4.59. The summed E-state index contributed by atoms with van der Waals surface area (Å²) in [6.45, 7) is 0. The number of rotatable bonds is 2. The Morgan fingerprint density at radius 3 is 1.50 bits per heavy atom. The maximum atomic E-state index is 12.1. The Kier molecular flexibility index (Phi) is 3.32. The van der Waals surface area contributed by atoms with E-state index in [4.69, 9.17) is 0 Å². The number of aliphatic hydroxyl groups is 2. The number of aliphatic hydroxyl groups excluding tert-OH is 2. The SMILES string of the molecule is O=C(C1=C(O)CCCC1)C1=C(O)CCCC1. The highest BCUT2D eigenvalue weighted by Crippen LogP contribution is 2.30. The molecule has 16 heavy (non-hydrogen) atoms. The van der Waals surface area contributed by atoms with E-state index in [-0.39, 0.29) is 17.3 Å². The Morgan fingerprint density at radius 1 is 0.750 bits per heavy atom. The highest BCUT2D eigenvalue weighted by molar-refractivity contribution is 6.08. The average Bonchev–Trinajstić information content (AvgIpc) is 2.29. The maximum Gasteiger partial charge on any atom is 0.191 e. The predicted octanol–water partition coefficient (Wildman–Crippen LogP) is 3.33. The van der Waals surface area contributed by atoms with Crippen LogP contribution in [0.1, 0.15) is 51.4 Å². The second kappa shape index (κ2) is 4.73. The Morgan fingerprint density at radius 2 is 1.12 bits per heavy atom. The molecule has 88 valence electrons. The van der Waals surface area contributed by atoms with E-state index in [9.17, 15) is 15.0 Å². The highest BCUT2D eigenvalue weighted by atomic mass is 16.3. The minimum absolute atomic E-state index is 0.116. The third-order valence-corrected chi connectivity index (χ3v) is 3.43. The molecule has 0 fully saturated rings. The first-order chi connectivity index (χ1) is 7.70. The van der Waals surface area contributed by atoms with Crippen molar-refractivity contribution >= 4 is 5.78 Å². The van der Waals surface area contributed by atoms with Crippen LogP contribution < -0.4 is 0 Å². The van der Waals surface area contributed by atoms with Gasteiger partial charge in [0, 0.05) is 24.0 Å². The van der Waals surface area contributed by atoms with Crippen molar-refractivity contribution in [2.75, 3.05) is 0 Å². The van der Waals surface area contributed by atoms with Gasteiger partial charge in [-0.15, -0.1) is 0 Å². The quantitative estimate of drug-likeness (QED) is 0.753. The second-order valence-corrected chi connectivity index (χ2v) is 4.59. The van der Waals surface area contributed by atoms with Crippen molar-refractivity contribution in [2.24, 2.45) is 0 Å². The maximum absolute atomic E-state index is 12.1. The lowest BCUT2D eigenvalue weighted by molar-refractivity contribution is -0.113. The van der Waals surface area contributed by atoms with Gasteiger partial charge in [0.05, 0.1) is 11.5 Å². The number of allylic oxidation sites excluding steroid dienone is 4. The lowest BCUT2D eigenvalue weighted by Crippen LogP contribution is -2.16. The van der Waals surface area contributed by atoms with E-state index in [1.54, 1.807) is 0 Å². The molecule has 0 spiro atoms. The molecule has 0 unspecified atom stereocenters. The molecule has 0 aromatic carbocycles. The molecule has 0 aromatic rings. The lowest BCUT2D eigenvalue weighted by Gasteiger charge is -2.19. The highest BCUT2D eigenvalue weighted by Gasteiger charge is 2.25. The predicted molar refractivity (Wildman–Crippen MR) is 61.3 cm³/mol. The van der Waals surface area contributed by atoms with Gasteiger partial charge in [-0.25, -0.2) is 0 Å². The fourth-order valence-corrected chi connectivity index (χ4v) is 2.45. The molecule has 0 heterocycles. The number of Topliss-reactive ketones (excluding diaryl/α,β-unsaturated/α-hetero) is 1. The van der Waals surface area contributed by atoms with E-state index in [0.717, 1.165) is 25.7 Å². The van der Waals surface area contributed by atoms with Crippen LogP contribution in [0.5, 0.6) is 0 Å². The van der Waals surface area contributed by atoms with Crippen molar-refractivity contribution in [1.29, 1.82) is 0 Å². The average molecular weight is 222 g/mol. The minimum atomic E-state index is -0.116. The fraction of sp³-hybridized carbons (Fsp3) is 0.615. The summed E-state index contributed by atoms with van der Waals surface area (Å²) in [5.41, 5.74) is 1.07. The van der Waals surface area contributed by atoms with Crippen molar-refractivity contribution in [2.45, 2.75) is 51.4 Å². The van der Waals surface area contributed by atoms with E-state index < -0.39 is 0 Å². The Hall–Kier alpha value is -1.25. The molecule has 0 aromatic heterocycles. The summed E-state index contributed by atoms with van der Waals surface area (Å²) < 4.78 is 0. The lowest BCUT2D eigenvalue weighted by atomic mass is 9.86. The van der Waals surface area contributed by atoms with Crippen LogP contribution in [0.2, 0.25) is 0 Å². The van der Waals surface area contributed by atoms with E-state index in [0.29, 0.717) is 36.8 Å². The van der Waals surface area contributed by atoms with Crippen molar-refractivity contribution in [3.8, 4) is 0 Å². The number of hydrogen-bond donors (Lipinski definition) is 2. The smallest absolute Gasteiger partial charge is 0.191 e. The largest absolute Gasteiger partial charge is 0.512 e. The fourth-order valence-electron chi connectivity index (χ4n) is 2.45. The zero-order chi connectivity index (χ0) is 11.5. The molecule has 2 aliphatic rings. The normalized spacial score (nSPS) is 22.5. The first kappa shape index (κ1) is 11.2. The van der Waals surface area contributed by atoms with Gasteiger partial charge in [0.25, 0.3) is 0 Å². The molecule has 0 radical (unpaired) electrons. The monoisotopic (exact) mass is 222 g/mol. The van der Waals surface area contributed by atoms with Gasteiger partial charge in [-0.2, -0.15) is 0 Å². The summed E-state index contributed by atoms with van der Waals surface area (Å²) in [5, 5.41) is 19.4. The van der Waals surface area contributed by atoms with Gasteiger partial charge >= 0.3 is 0 Å². The third kappa shape index (κ3) is 2.13. The molecule has 3 heteroatoms. The molecule has 0 atom stereocenters. The van der Waals surface area contributed by atoms with Crippen molar-refractivity contribution in [1.82, 2.24) is 0 Å². The molecule has 0 amide bonds. The van der Waals surface area contributed by atoms with Crippen LogP contribution >= 0.6 is 0 Å². The van der Waals surface area contributed by atoms with Gasteiger partial charge in [0.15, 0.2) is 5.78 Å². The Balaban J connectivity index is 2.24. The van der Waals surface area contributed by atoms with Crippen molar-refractivity contribution in [3.05, 3.63) is 22.7 Å². The van der Waals surface area contributed by atoms with Gasteiger partial charge in [0.2, 0.25) is 0 Å². The van der Waals surface area contributed by atoms with Crippen LogP contribution in [0, 0.1) is 0 Å². The van der Waals surface area contributed by atoms with Gasteiger partial charge in [-0.3, -0.25) is 4.79 Å². The molecular formula is C13H18O3. The molecule has 2 aliphatic carbocycles. The van der Waals surface area contributed by atoms with Crippen LogP contribution in [0.4, 0.5) is 0 Å². The van der Waals surface area contributed by atoms with Crippen LogP contribution in [0.25, 0.3) is 0 Å². The topological polar surface area (TPSA) is 57.5 Å². The van der Waals surface area contributed by atoms with Crippen molar-refractivity contribution in [3.63, 3.8) is 0 Å². The summed E-state index contributed by atoms with van der Waals surface area (Å²) in [4.78, 5) is 12.1. The van der Waals surface area contributed by atoms with Crippen LogP contribution in [-0.4, -0.2) is 16.0 Å². The molecule has 3 nitrogen and oxygen atoms in total. The zero-order valence-electron chi connectivity index (χ0n) is 9.46. The molecule has 0 saturated heterocycles. The summed E-state index contributed by atoms with van der Waals surface area (Å²) in [7, 11) is 0. The van der Waals surface area contributed by atoms with E-state index in [2.05, 4.69) is 0 Å². The Labute approximate surface area is 95.5 Å². The standard InChI is InChI=1S/C13H18O3/c14-11-7-3-1-5-9(11)13(16)10-6-2-4-8-12(10)15/h14-15H,1-8H2. The van der Waals surface area contributed by atoms with Crippen molar-refractivity contribution < 1.29 is 15.0 Å². The van der Waals surface area contributed by atoms with E-state index >= 15 is 0 Å². The molecule has 0 saturated carbocycles. The summed E-state index contributed by atoms with van der Waals surface area (Å²) in [6.07, 6.45) is 6.34. The van der Waals surface area contributed by atoms with Gasteiger partial charge < -0.3 is 10.2 Å². The van der Waals surface area contributed by atoms with Gasteiger partial charge in [0.1, 0.15) is 0 Å². The first-order valence-corrected chi connectivity index (χ1v) is 6.07. The molecule has 0 aliphatic heterocycles. The van der Waals surface area contributed by atoms with Crippen LogP contribution in [0.15, 0.2) is 22.7 Å². The molecule has 0 bridgehead atoms. The molecule has 2 N–H and O–H groups in total. The zero-order valence-corrected chi connectivity index (χ0v) is 9.46. The summed E-state index contributed by atoms with van der Waals surface area (Å²) in [6, 6.07) is 0. The number of ketones is 1. The summed E-state index contributed by atoms with van der Waals surface area (Å²) >= 11 is 0. The molecule has 2 rings (SSSR count). The summed E-state index contributed by atoms with van der Waals surface area (Å²) in [5.74, 6) is 0.360.